The van der Waals surface area contributed by atoms with Crippen LogP contribution in [0.15, 0.2) is 120 Å². The summed E-state index contributed by atoms with van der Waals surface area (Å²) in [4.78, 5) is 29.6. The lowest BCUT2D eigenvalue weighted by atomic mass is 10.0. The smallest absolute Gasteiger partial charge is 0.264 e. The molecule has 0 saturated carbocycles. The first kappa shape index (κ1) is 31.3. The number of amides is 2. The number of anilines is 1. The molecule has 43 heavy (non-hydrogen) atoms. The van der Waals surface area contributed by atoms with Crippen LogP contribution in [0.1, 0.15) is 24.5 Å². The zero-order valence-electron chi connectivity index (χ0n) is 24.4. The van der Waals surface area contributed by atoms with Gasteiger partial charge in [-0.05, 0) is 41.8 Å². The van der Waals surface area contributed by atoms with Crippen LogP contribution in [0.4, 0.5) is 5.69 Å². The van der Waals surface area contributed by atoms with Crippen molar-refractivity contribution in [2.45, 2.75) is 37.2 Å². The molecule has 4 aromatic carbocycles. The number of nitrogens with zero attached hydrogens (tertiary/aromatic N) is 2. The van der Waals surface area contributed by atoms with Gasteiger partial charge in [0.05, 0.1) is 17.7 Å². The topological polar surface area (TPSA) is 96.0 Å². The average Bonchev–Trinajstić information content (AvgIpc) is 3.05. The third kappa shape index (κ3) is 8.02. The number of rotatable bonds is 14. The first-order valence-corrected chi connectivity index (χ1v) is 15.6. The fourth-order valence-electron chi connectivity index (χ4n) is 4.77. The first-order chi connectivity index (χ1) is 20.8. The quantitative estimate of drug-likeness (QED) is 0.219. The van der Waals surface area contributed by atoms with Crippen LogP contribution in [0.3, 0.4) is 0 Å². The SMILES string of the molecule is CCCNC(=O)[C@@H](Cc1ccccc1)N(Cc1ccccc1)C(=O)CN(c1ccccc1OC)S(=O)(=O)c1ccccc1. The Morgan fingerprint density at radius 1 is 0.791 bits per heavy atom. The van der Waals surface area contributed by atoms with Gasteiger partial charge < -0.3 is 15.0 Å². The lowest BCUT2D eigenvalue weighted by molar-refractivity contribution is -0.140. The summed E-state index contributed by atoms with van der Waals surface area (Å²) in [5, 5.41) is 2.95. The van der Waals surface area contributed by atoms with Crippen molar-refractivity contribution >= 4 is 27.5 Å². The van der Waals surface area contributed by atoms with Gasteiger partial charge >= 0.3 is 0 Å². The van der Waals surface area contributed by atoms with E-state index in [2.05, 4.69) is 5.32 Å². The minimum Gasteiger partial charge on any atom is -0.495 e. The van der Waals surface area contributed by atoms with Crippen LogP contribution in [0.2, 0.25) is 0 Å². The van der Waals surface area contributed by atoms with E-state index in [9.17, 15) is 18.0 Å². The number of hydrogen-bond donors (Lipinski definition) is 1. The molecule has 9 heteroatoms. The van der Waals surface area contributed by atoms with E-state index < -0.39 is 28.5 Å². The van der Waals surface area contributed by atoms with E-state index in [0.717, 1.165) is 21.9 Å². The van der Waals surface area contributed by atoms with Crippen molar-refractivity contribution in [3.05, 3.63) is 126 Å². The minimum atomic E-state index is -4.20. The fourth-order valence-corrected chi connectivity index (χ4v) is 6.21. The Kier molecular flexibility index (Phi) is 10.9. The molecular formula is C34H37N3O5S. The lowest BCUT2D eigenvalue weighted by Crippen LogP contribution is -2.53. The highest BCUT2D eigenvalue weighted by Crippen LogP contribution is 2.32. The van der Waals surface area contributed by atoms with Crippen LogP contribution in [0.5, 0.6) is 5.75 Å². The van der Waals surface area contributed by atoms with Crippen LogP contribution in [0.25, 0.3) is 0 Å². The molecule has 0 unspecified atom stereocenters. The Labute approximate surface area is 254 Å². The number of ether oxygens (including phenoxy) is 1. The van der Waals surface area contributed by atoms with E-state index in [4.69, 9.17) is 4.74 Å². The van der Waals surface area contributed by atoms with Gasteiger partial charge in [-0.2, -0.15) is 0 Å². The van der Waals surface area contributed by atoms with Crippen LogP contribution < -0.4 is 14.4 Å². The van der Waals surface area contributed by atoms with Crippen LogP contribution >= 0.6 is 0 Å². The predicted molar refractivity (Wildman–Crippen MR) is 168 cm³/mol. The molecule has 1 atom stereocenters. The Hall–Kier alpha value is -4.63. The summed E-state index contributed by atoms with van der Waals surface area (Å²) in [5.74, 6) is -0.530. The summed E-state index contributed by atoms with van der Waals surface area (Å²) in [7, 11) is -2.75. The number of hydrogen-bond acceptors (Lipinski definition) is 5. The molecule has 0 fully saturated rings. The Morgan fingerprint density at radius 3 is 1.95 bits per heavy atom. The summed E-state index contributed by atoms with van der Waals surface area (Å²) in [5.41, 5.74) is 1.91. The molecule has 0 saturated heterocycles. The highest BCUT2D eigenvalue weighted by atomic mass is 32.2. The van der Waals surface area contributed by atoms with E-state index in [1.54, 1.807) is 42.5 Å². The Balaban J connectivity index is 1.80. The molecule has 0 aliphatic heterocycles. The van der Waals surface area contributed by atoms with Crippen molar-refractivity contribution in [2.24, 2.45) is 0 Å². The molecule has 4 aromatic rings. The molecule has 0 radical (unpaired) electrons. The molecule has 1 N–H and O–H groups in total. The van der Waals surface area contributed by atoms with E-state index in [1.165, 1.54) is 24.1 Å². The van der Waals surface area contributed by atoms with Gasteiger partial charge in [-0.3, -0.25) is 13.9 Å². The number of methoxy groups -OCH3 is 1. The molecule has 0 spiro atoms. The zero-order valence-corrected chi connectivity index (χ0v) is 25.2. The normalized spacial score (nSPS) is 11.8. The van der Waals surface area contributed by atoms with Gasteiger partial charge in [0, 0.05) is 19.5 Å². The molecule has 0 aromatic heterocycles. The van der Waals surface area contributed by atoms with Gasteiger partial charge in [-0.1, -0.05) is 97.9 Å². The van der Waals surface area contributed by atoms with Crippen molar-refractivity contribution in [3.8, 4) is 5.75 Å². The van der Waals surface area contributed by atoms with Gasteiger partial charge in [0.2, 0.25) is 11.8 Å². The molecule has 0 aliphatic rings. The highest BCUT2D eigenvalue weighted by molar-refractivity contribution is 7.92. The van der Waals surface area contributed by atoms with Crippen molar-refractivity contribution in [1.29, 1.82) is 0 Å². The largest absolute Gasteiger partial charge is 0.495 e. The van der Waals surface area contributed by atoms with Crippen molar-refractivity contribution in [2.75, 3.05) is 24.5 Å². The molecule has 8 nitrogen and oxygen atoms in total. The minimum absolute atomic E-state index is 0.0323. The molecular weight excluding hydrogens is 562 g/mol. The highest BCUT2D eigenvalue weighted by Gasteiger charge is 2.35. The third-order valence-corrected chi connectivity index (χ3v) is 8.75. The summed E-state index contributed by atoms with van der Waals surface area (Å²) in [6.45, 7) is 1.98. The van der Waals surface area contributed by atoms with Gasteiger partial charge in [0.25, 0.3) is 10.0 Å². The van der Waals surface area contributed by atoms with E-state index >= 15 is 0 Å². The lowest BCUT2D eigenvalue weighted by Gasteiger charge is -2.34. The maximum absolute atomic E-state index is 14.4. The third-order valence-electron chi connectivity index (χ3n) is 6.98. The van der Waals surface area contributed by atoms with Crippen molar-refractivity contribution in [1.82, 2.24) is 10.2 Å². The second-order valence-corrected chi connectivity index (χ2v) is 11.9. The van der Waals surface area contributed by atoms with Crippen molar-refractivity contribution < 1.29 is 22.7 Å². The summed E-state index contributed by atoms with van der Waals surface area (Å²) in [6.07, 6.45) is 0.988. The summed E-state index contributed by atoms with van der Waals surface area (Å²) >= 11 is 0. The Bertz CT molecular complexity index is 1580. The molecule has 4 rings (SSSR count). The average molecular weight is 600 g/mol. The van der Waals surface area contributed by atoms with Crippen molar-refractivity contribution in [3.63, 3.8) is 0 Å². The Morgan fingerprint density at radius 2 is 1.35 bits per heavy atom. The molecule has 0 bridgehead atoms. The number of para-hydroxylation sites is 2. The molecule has 0 heterocycles. The van der Waals surface area contributed by atoms with Gasteiger partial charge in [-0.25, -0.2) is 8.42 Å². The monoisotopic (exact) mass is 599 g/mol. The number of sulfonamides is 1. The predicted octanol–water partition coefficient (Wildman–Crippen LogP) is 5.06. The second-order valence-electron chi connectivity index (χ2n) is 10.0. The molecule has 224 valence electrons. The summed E-state index contributed by atoms with van der Waals surface area (Å²) < 4.78 is 34.7. The van der Waals surface area contributed by atoms with E-state index in [1.807, 2.05) is 67.6 Å². The number of benzene rings is 4. The van der Waals surface area contributed by atoms with E-state index in [0.29, 0.717) is 12.3 Å². The van der Waals surface area contributed by atoms with E-state index in [-0.39, 0.29) is 29.5 Å². The number of nitrogens with one attached hydrogen (secondary N) is 1. The summed E-state index contributed by atoms with van der Waals surface area (Å²) in [6, 6.07) is 32.6. The standard InChI is InChI=1S/C34H37N3O5S/c1-3-23-35-34(39)31(24-27-15-7-4-8-16-27)36(25-28-17-9-5-10-18-28)33(38)26-37(30-21-13-14-22-32(30)42-2)43(40,41)29-19-11-6-12-20-29/h4-22,31H,3,23-26H2,1-2H3,(H,35,39)/t31-/m1/s1. The zero-order chi connectivity index (χ0) is 30.7. The fraction of sp³-hybridized carbons (Fsp3) is 0.235. The molecule has 2 amide bonds. The number of carbonyl (C=O) groups excluding carboxylic acids is 2. The number of carbonyl (C=O) groups is 2. The first-order valence-electron chi connectivity index (χ1n) is 14.2. The van der Waals surface area contributed by atoms with Gasteiger partial charge in [-0.15, -0.1) is 0 Å². The maximum Gasteiger partial charge on any atom is 0.264 e. The maximum atomic E-state index is 14.4. The van der Waals surface area contributed by atoms with Crippen LogP contribution in [-0.4, -0.2) is 51.4 Å². The van der Waals surface area contributed by atoms with Gasteiger partial charge in [0.15, 0.2) is 0 Å². The second kappa shape index (κ2) is 15.0. The molecule has 0 aliphatic carbocycles. The van der Waals surface area contributed by atoms with Gasteiger partial charge in [0.1, 0.15) is 18.3 Å². The van der Waals surface area contributed by atoms with Crippen LogP contribution in [-0.2, 0) is 32.6 Å². The van der Waals surface area contributed by atoms with Crippen LogP contribution in [0, 0.1) is 0 Å².